The van der Waals surface area contributed by atoms with Crippen molar-refractivity contribution in [2.24, 2.45) is 4.99 Å². The van der Waals surface area contributed by atoms with Crippen LogP contribution in [0.5, 0.6) is 11.5 Å². The summed E-state index contributed by atoms with van der Waals surface area (Å²) in [5.41, 5.74) is -0.373. The zero-order valence-electron chi connectivity index (χ0n) is 19.5. The van der Waals surface area contributed by atoms with Crippen LogP contribution >= 0.6 is 11.3 Å². The SMILES string of the molecule is CS(=O)(=O)c1cccc(-c2ccc(C(CC(=N)C(F)(F)F)=Nc3cccc(Oc4ccccc4)c3)s2)c1. The maximum Gasteiger partial charge on any atom is 0.429 e. The first-order chi connectivity index (χ1) is 17.5. The van der Waals surface area contributed by atoms with Crippen molar-refractivity contribution in [3.8, 4) is 21.9 Å². The molecule has 1 N–H and O–H groups in total. The zero-order valence-corrected chi connectivity index (χ0v) is 21.1. The summed E-state index contributed by atoms with van der Waals surface area (Å²) >= 11 is 1.17. The van der Waals surface area contributed by atoms with E-state index in [4.69, 9.17) is 10.1 Å². The number of nitrogens with one attached hydrogen (secondary N) is 1. The number of thiophene rings is 1. The van der Waals surface area contributed by atoms with Crippen molar-refractivity contribution in [3.63, 3.8) is 0 Å². The second kappa shape index (κ2) is 10.7. The number of hydrogen-bond donors (Lipinski definition) is 1. The van der Waals surface area contributed by atoms with E-state index in [1.807, 2.05) is 18.2 Å². The molecule has 0 atom stereocenters. The van der Waals surface area contributed by atoms with Crippen LogP contribution in [-0.4, -0.2) is 32.3 Å². The average molecular weight is 543 g/mol. The van der Waals surface area contributed by atoms with Crippen molar-refractivity contribution < 1.29 is 26.3 Å². The Balaban J connectivity index is 1.70. The van der Waals surface area contributed by atoms with E-state index in [1.165, 1.54) is 23.5 Å². The normalized spacial score (nSPS) is 12.4. The lowest BCUT2D eigenvalue weighted by Gasteiger charge is -2.10. The molecule has 190 valence electrons. The summed E-state index contributed by atoms with van der Waals surface area (Å²) in [7, 11) is -3.43. The van der Waals surface area contributed by atoms with Crippen molar-refractivity contribution in [1.82, 2.24) is 0 Å². The van der Waals surface area contributed by atoms with Gasteiger partial charge in [-0.25, -0.2) is 8.42 Å². The Bertz CT molecular complexity index is 1560. The Labute approximate surface area is 216 Å². The standard InChI is InChI=1S/C27H21F3N2O3S2/c1-37(33,34)22-12-5-7-18(15-22)24-13-14-25(36-24)23(17-26(31)27(28,29)30)32-19-8-6-11-21(16-19)35-20-9-3-2-4-10-20/h2-16,31H,17H2,1H3. The fraction of sp³-hybridized carbons (Fsp3) is 0.111. The van der Waals surface area contributed by atoms with Gasteiger partial charge >= 0.3 is 6.18 Å². The Kier molecular flexibility index (Phi) is 7.60. The minimum atomic E-state index is -4.79. The van der Waals surface area contributed by atoms with Crippen molar-refractivity contribution in [3.05, 3.63) is 95.9 Å². The molecule has 0 aliphatic heterocycles. The molecule has 0 unspecified atom stereocenters. The molecule has 10 heteroatoms. The molecule has 37 heavy (non-hydrogen) atoms. The second-order valence-electron chi connectivity index (χ2n) is 8.09. The van der Waals surface area contributed by atoms with Crippen LogP contribution in [0.4, 0.5) is 18.9 Å². The molecule has 4 rings (SSSR count). The molecule has 1 heterocycles. The number of rotatable bonds is 8. The van der Waals surface area contributed by atoms with Crippen molar-refractivity contribution in [1.29, 1.82) is 5.41 Å². The number of alkyl halides is 3. The van der Waals surface area contributed by atoms with Crippen LogP contribution < -0.4 is 4.74 Å². The number of ether oxygens (including phenoxy) is 1. The van der Waals surface area contributed by atoms with E-state index < -0.39 is 28.1 Å². The molecule has 0 aliphatic carbocycles. The topological polar surface area (TPSA) is 79.6 Å². The first kappa shape index (κ1) is 26.3. The first-order valence-electron chi connectivity index (χ1n) is 10.9. The summed E-state index contributed by atoms with van der Waals surface area (Å²) in [5.74, 6) is 1.06. The highest BCUT2D eigenvalue weighted by Crippen LogP contribution is 2.33. The lowest BCUT2D eigenvalue weighted by Crippen LogP contribution is -2.24. The van der Waals surface area contributed by atoms with Gasteiger partial charge in [0, 0.05) is 28.5 Å². The highest BCUT2D eigenvalue weighted by Gasteiger charge is 2.35. The molecule has 0 amide bonds. The lowest BCUT2D eigenvalue weighted by molar-refractivity contribution is -0.0605. The third-order valence-electron chi connectivity index (χ3n) is 5.18. The van der Waals surface area contributed by atoms with Crippen molar-refractivity contribution in [2.75, 3.05) is 6.26 Å². The smallest absolute Gasteiger partial charge is 0.429 e. The van der Waals surface area contributed by atoms with Crippen LogP contribution in [0.1, 0.15) is 11.3 Å². The van der Waals surface area contributed by atoms with Crippen molar-refractivity contribution in [2.45, 2.75) is 17.5 Å². The van der Waals surface area contributed by atoms with Crippen LogP contribution in [-0.2, 0) is 9.84 Å². The molecule has 0 saturated carbocycles. The number of aliphatic imine (C=N–C) groups is 1. The minimum absolute atomic E-state index is 0.0645. The lowest BCUT2D eigenvalue weighted by atomic mass is 10.1. The minimum Gasteiger partial charge on any atom is -0.457 e. The second-order valence-corrected chi connectivity index (χ2v) is 11.2. The molecule has 0 aliphatic rings. The molecule has 0 saturated heterocycles. The Morgan fingerprint density at radius 2 is 1.62 bits per heavy atom. The third kappa shape index (κ3) is 6.93. The van der Waals surface area contributed by atoms with Gasteiger partial charge in [0.25, 0.3) is 0 Å². The van der Waals surface area contributed by atoms with E-state index in [0.717, 1.165) is 6.26 Å². The molecule has 5 nitrogen and oxygen atoms in total. The van der Waals surface area contributed by atoms with E-state index in [0.29, 0.717) is 32.5 Å². The summed E-state index contributed by atoms with van der Waals surface area (Å²) in [5, 5.41) is 7.55. The first-order valence-corrected chi connectivity index (χ1v) is 13.7. The van der Waals surface area contributed by atoms with Gasteiger partial charge in [0.15, 0.2) is 9.84 Å². The fourth-order valence-corrected chi connectivity index (χ4v) is 5.03. The number of para-hydroxylation sites is 1. The predicted molar refractivity (Wildman–Crippen MR) is 140 cm³/mol. The van der Waals surface area contributed by atoms with Crippen LogP contribution in [0.2, 0.25) is 0 Å². The van der Waals surface area contributed by atoms with E-state index in [9.17, 15) is 21.6 Å². The van der Waals surface area contributed by atoms with Gasteiger partial charge in [-0.2, -0.15) is 13.2 Å². The maximum atomic E-state index is 13.2. The summed E-state index contributed by atoms with van der Waals surface area (Å²) in [6.45, 7) is 0. The highest BCUT2D eigenvalue weighted by atomic mass is 32.2. The van der Waals surface area contributed by atoms with E-state index in [1.54, 1.807) is 60.7 Å². The summed E-state index contributed by atoms with van der Waals surface area (Å²) in [6, 6.07) is 25.3. The Morgan fingerprint density at radius 1 is 0.919 bits per heavy atom. The van der Waals surface area contributed by atoms with Gasteiger partial charge in [0.1, 0.15) is 17.2 Å². The largest absolute Gasteiger partial charge is 0.457 e. The van der Waals surface area contributed by atoms with Gasteiger partial charge < -0.3 is 10.1 Å². The predicted octanol–water partition coefficient (Wildman–Crippen LogP) is 7.70. The number of halogens is 3. The van der Waals surface area contributed by atoms with Crippen LogP contribution in [0, 0.1) is 5.41 Å². The molecule has 4 aromatic rings. The molecule has 0 radical (unpaired) electrons. The quantitative estimate of drug-likeness (QED) is 0.232. The molecular weight excluding hydrogens is 521 g/mol. The number of nitrogens with zero attached hydrogens (tertiary/aromatic N) is 1. The van der Waals surface area contributed by atoms with Crippen LogP contribution in [0.3, 0.4) is 0 Å². The summed E-state index contributed by atoms with van der Waals surface area (Å²) in [4.78, 5) is 5.69. The molecule has 1 aromatic heterocycles. The Morgan fingerprint density at radius 3 is 2.32 bits per heavy atom. The van der Waals surface area contributed by atoms with E-state index in [2.05, 4.69) is 4.99 Å². The monoisotopic (exact) mass is 542 g/mol. The van der Waals surface area contributed by atoms with Gasteiger partial charge in [-0.3, -0.25) is 4.99 Å². The molecule has 0 fully saturated rings. The number of benzene rings is 3. The maximum absolute atomic E-state index is 13.2. The van der Waals surface area contributed by atoms with Crippen LogP contribution in [0.25, 0.3) is 10.4 Å². The highest BCUT2D eigenvalue weighted by molar-refractivity contribution is 7.90. The molecule has 3 aromatic carbocycles. The van der Waals surface area contributed by atoms with E-state index in [-0.39, 0.29) is 10.6 Å². The van der Waals surface area contributed by atoms with Gasteiger partial charge in [-0.05, 0) is 54.1 Å². The zero-order chi connectivity index (χ0) is 26.6. The van der Waals surface area contributed by atoms with Gasteiger partial charge in [0.2, 0.25) is 0 Å². The van der Waals surface area contributed by atoms with Gasteiger partial charge in [0.05, 0.1) is 16.3 Å². The average Bonchev–Trinajstić information content (AvgIpc) is 3.34. The van der Waals surface area contributed by atoms with E-state index >= 15 is 0 Å². The Hall–Kier alpha value is -3.76. The molecule has 0 bridgehead atoms. The van der Waals surface area contributed by atoms with Gasteiger partial charge in [-0.15, -0.1) is 11.3 Å². The summed E-state index contributed by atoms with van der Waals surface area (Å²) in [6.07, 6.45) is -4.41. The molecular formula is C27H21F3N2O3S2. The summed E-state index contributed by atoms with van der Waals surface area (Å²) < 4.78 is 69.4. The molecule has 0 spiro atoms. The number of hydrogen-bond acceptors (Lipinski definition) is 6. The van der Waals surface area contributed by atoms with Crippen LogP contribution in [0.15, 0.2) is 101 Å². The number of sulfone groups is 1. The van der Waals surface area contributed by atoms with Gasteiger partial charge in [-0.1, -0.05) is 36.4 Å². The van der Waals surface area contributed by atoms with Crippen molar-refractivity contribution >= 4 is 38.3 Å². The third-order valence-corrected chi connectivity index (χ3v) is 7.48. The fourth-order valence-electron chi connectivity index (χ4n) is 3.37.